The number of amides is 2. The largest absolute Gasteiger partial charge is 0.352 e. The molecule has 1 atom stereocenters. The minimum absolute atomic E-state index is 0.0239. The average molecular weight is 514 g/mol. The highest BCUT2D eigenvalue weighted by Crippen LogP contribution is 2.23. The van der Waals surface area contributed by atoms with Gasteiger partial charge in [0.25, 0.3) is 0 Å². The molecule has 2 amide bonds. The number of hydrogen-bond donors (Lipinski definition) is 3. The fraction of sp³-hybridized carbons (Fsp3) is 0.231. The van der Waals surface area contributed by atoms with Crippen LogP contribution in [0.1, 0.15) is 29.5 Å². The Morgan fingerprint density at radius 2 is 1.43 bits per heavy atom. The zero-order chi connectivity index (χ0) is 25.3. The minimum Gasteiger partial charge on any atom is -0.352 e. The molecule has 3 N–H and O–H groups in total. The first-order valence-electron chi connectivity index (χ1n) is 11.2. The molecule has 0 aliphatic heterocycles. The number of nitrogens with one attached hydrogen (secondary N) is 3. The Morgan fingerprint density at radius 1 is 0.857 bits per heavy atom. The first-order chi connectivity index (χ1) is 16.7. The number of benzene rings is 3. The van der Waals surface area contributed by atoms with Gasteiger partial charge in [-0.05, 0) is 42.2 Å². The first kappa shape index (κ1) is 26.4. The second kappa shape index (κ2) is 12.5. The fourth-order valence-corrected chi connectivity index (χ4v) is 5.19. The van der Waals surface area contributed by atoms with Crippen molar-refractivity contribution in [2.75, 3.05) is 0 Å². The van der Waals surface area contributed by atoms with E-state index in [0.29, 0.717) is 12.1 Å². The number of hydrogen-bond acceptors (Lipinski definition) is 4. The summed E-state index contributed by atoms with van der Waals surface area (Å²) >= 11 is 6.13. The highest BCUT2D eigenvalue weighted by Gasteiger charge is 2.28. The lowest BCUT2D eigenvalue weighted by atomic mass is 10.1. The standard InChI is InChI=1S/C26H28ClN3O4S/c1-19-12-13-22(27)24(16-19)35(33,34)30-23(26(32)29-18-21-10-6-3-7-11-21)14-15-25(31)28-17-20-8-4-2-5-9-20/h2-13,16,23,30H,14-15,17-18H2,1H3,(H,28,31)(H,29,32). The predicted octanol–water partition coefficient (Wildman–Crippen LogP) is 3.71. The third-order valence-corrected chi connectivity index (χ3v) is 7.25. The molecule has 0 bridgehead atoms. The van der Waals surface area contributed by atoms with Crippen molar-refractivity contribution in [2.24, 2.45) is 0 Å². The van der Waals surface area contributed by atoms with Crippen molar-refractivity contribution in [1.82, 2.24) is 15.4 Å². The van der Waals surface area contributed by atoms with Gasteiger partial charge in [-0.3, -0.25) is 9.59 Å². The zero-order valence-electron chi connectivity index (χ0n) is 19.3. The van der Waals surface area contributed by atoms with Gasteiger partial charge in [-0.1, -0.05) is 78.3 Å². The lowest BCUT2D eigenvalue weighted by molar-refractivity contribution is -0.124. The fourth-order valence-electron chi connectivity index (χ4n) is 3.38. The maximum atomic E-state index is 13.1. The van der Waals surface area contributed by atoms with Gasteiger partial charge in [-0.25, -0.2) is 8.42 Å². The van der Waals surface area contributed by atoms with E-state index in [4.69, 9.17) is 11.6 Å². The second-order valence-corrected chi connectivity index (χ2v) is 10.2. The Kier molecular flexibility index (Phi) is 9.42. The number of sulfonamides is 1. The van der Waals surface area contributed by atoms with Gasteiger partial charge < -0.3 is 10.6 Å². The summed E-state index contributed by atoms with van der Waals surface area (Å²) in [5.74, 6) is -0.820. The van der Waals surface area contributed by atoms with Crippen molar-refractivity contribution < 1.29 is 18.0 Å². The maximum absolute atomic E-state index is 13.1. The Hall–Kier alpha value is -3.20. The summed E-state index contributed by atoms with van der Waals surface area (Å²) in [7, 11) is -4.12. The summed E-state index contributed by atoms with van der Waals surface area (Å²) in [6, 6.07) is 22.1. The monoisotopic (exact) mass is 513 g/mol. The minimum atomic E-state index is -4.12. The van der Waals surface area contributed by atoms with Crippen molar-refractivity contribution in [3.8, 4) is 0 Å². The molecule has 7 nitrogen and oxygen atoms in total. The van der Waals surface area contributed by atoms with Gasteiger partial charge in [0.1, 0.15) is 10.9 Å². The molecule has 184 valence electrons. The van der Waals surface area contributed by atoms with Crippen LogP contribution in [-0.4, -0.2) is 26.3 Å². The molecule has 0 aliphatic rings. The normalized spacial score (nSPS) is 12.1. The molecular weight excluding hydrogens is 486 g/mol. The van der Waals surface area contributed by atoms with Crippen molar-refractivity contribution in [2.45, 2.75) is 43.8 Å². The van der Waals surface area contributed by atoms with Crippen LogP contribution in [0.5, 0.6) is 0 Å². The zero-order valence-corrected chi connectivity index (χ0v) is 20.9. The molecule has 0 aliphatic carbocycles. The van der Waals surface area contributed by atoms with Gasteiger partial charge in [0, 0.05) is 19.5 Å². The van der Waals surface area contributed by atoms with Crippen LogP contribution in [0.4, 0.5) is 0 Å². The van der Waals surface area contributed by atoms with Crippen molar-refractivity contribution in [3.05, 3.63) is 101 Å². The topological polar surface area (TPSA) is 104 Å². The summed E-state index contributed by atoms with van der Waals surface area (Å²) in [6.07, 6.45) is -0.0652. The molecule has 3 aromatic carbocycles. The molecular formula is C26H28ClN3O4S. The predicted molar refractivity (Wildman–Crippen MR) is 136 cm³/mol. The molecule has 3 rings (SSSR count). The van der Waals surface area contributed by atoms with Crippen LogP contribution in [0, 0.1) is 6.92 Å². The van der Waals surface area contributed by atoms with Crippen molar-refractivity contribution >= 4 is 33.4 Å². The summed E-state index contributed by atoms with van der Waals surface area (Å²) in [5.41, 5.74) is 2.51. The lowest BCUT2D eigenvalue weighted by Gasteiger charge is -2.19. The van der Waals surface area contributed by atoms with E-state index in [0.717, 1.165) is 11.1 Å². The van der Waals surface area contributed by atoms with Gasteiger partial charge in [0.2, 0.25) is 21.8 Å². The Balaban J connectivity index is 1.69. The van der Waals surface area contributed by atoms with Gasteiger partial charge >= 0.3 is 0 Å². The Morgan fingerprint density at radius 3 is 2.03 bits per heavy atom. The van der Waals surface area contributed by atoms with Gasteiger partial charge in [-0.2, -0.15) is 4.72 Å². The van der Waals surface area contributed by atoms with E-state index in [2.05, 4.69) is 15.4 Å². The van der Waals surface area contributed by atoms with Gasteiger partial charge in [0.15, 0.2) is 0 Å². The van der Waals surface area contributed by atoms with Crippen LogP contribution in [0.2, 0.25) is 5.02 Å². The third kappa shape index (κ3) is 8.20. The average Bonchev–Trinajstić information content (AvgIpc) is 2.86. The number of rotatable bonds is 11. The van der Waals surface area contributed by atoms with E-state index in [1.54, 1.807) is 13.0 Å². The van der Waals surface area contributed by atoms with Crippen LogP contribution in [0.25, 0.3) is 0 Å². The van der Waals surface area contributed by atoms with Crippen LogP contribution in [-0.2, 0) is 32.7 Å². The highest BCUT2D eigenvalue weighted by atomic mass is 35.5. The summed E-state index contributed by atoms with van der Waals surface area (Å²) in [6.45, 7) is 2.31. The third-order valence-electron chi connectivity index (χ3n) is 5.29. The first-order valence-corrected chi connectivity index (χ1v) is 13.0. The van der Waals surface area contributed by atoms with Gasteiger partial charge in [-0.15, -0.1) is 0 Å². The molecule has 0 saturated carbocycles. The number of halogens is 1. The summed E-state index contributed by atoms with van der Waals surface area (Å²) in [4.78, 5) is 25.3. The van der Waals surface area contributed by atoms with E-state index < -0.39 is 22.0 Å². The van der Waals surface area contributed by atoms with Crippen LogP contribution < -0.4 is 15.4 Å². The van der Waals surface area contributed by atoms with Crippen LogP contribution in [0.15, 0.2) is 83.8 Å². The van der Waals surface area contributed by atoms with E-state index in [1.165, 1.54) is 12.1 Å². The summed E-state index contributed by atoms with van der Waals surface area (Å²) < 4.78 is 28.6. The molecule has 9 heteroatoms. The molecule has 3 aromatic rings. The second-order valence-electron chi connectivity index (χ2n) is 8.11. The molecule has 35 heavy (non-hydrogen) atoms. The smallest absolute Gasteiger partial charge is 0.242 e. The number of carbonyl (C=O) groups excluding carboxylic acids is 2. The maximum Gasteiger partial charge on any atom is 0.242 e. The Bertz CT molecular complexity index is 1250. The Labute approximate surface area is 211 Å². The van der Waals surface area contributed by atoms with E-state index in [1.807, 2.05) is 60.7 Å². The molecule has 0 radical (unpaired) electrons. The molecule has 0 heterocycles. The van der Waals surface area contributed by atoms with Crippen molar-refractivity contribution in [3.63, 3.8) is 0 Å². The molecule has 0 saturated heterocycles. The summed E-state index contributed by atoms with van der Waals surface area (Å²) in [5, 5.41) is 5.59. The molecule has 0 fully saturated rings. The molecule has 0 aromatic heterocycles. The number of carbonyl (C=O) groups is 2. The van der Waals surface area contributed by atoms with E-state index >= 15 is 0 Å². The van der Waals surface area contributed by atoms with Gasteiger partial charge in [0.05, 0.1) is 5.02 Å². The van der Waals surface area contributed by atoms with E-state index in [9.17, 15) is 18.0 Å². The number of aryl methyl sites for hydroxylation is 1. The highest BCUT2D eigenvalue weighted by molar-refractivity contribution is 7.89. The lowest BCUT2D eigenvalue weighted by Crippen LogP contribution is -2.47. The van der Waals surface area contributed by atoms with Crippen LogP contribution in [0.3, 0.4) is 0 Å². The molecule has 1 unspecified atom stereocenters. The van der Waals surface area contributed by atoms with Crippen LogP contribution >= 0.6 is 11.6 Å². The van der Waals surface area contributed by atoms with Crippen molar-refractivity contribution in [1.29, 1.82) is 0 Å². The quantitative estimate of drug-likeness (QED) is 0.363. The molecule has 0 spiro atoms. The SMILES string of the molecule is Cc1ccc(Cl)c(S(=O)(=O)NC(CCC(=O)NCc2ccccc2)C(=O)NCc2ccccc2)c1. The van der Waals surface area contributed by atoms with E-state index in [-0.39, 0.29) is 35.2 Å².